The van der Waals surface area contributed by atoms with Crippen LogP contribution in [0.2, 0.25) is 0 Å². The number of carbonyl (C=O) groups excluding carboxylic acids is 2. The minimum absolute atomic E-state index is 0.0429. The van der Waals surface area contributed by atoms with Crippen LogP contribution in [0.25, 0.3) is 0 Å². The van der Waals surface area contributed by atoms with E-state index in [0.29, 0.717) is 13.0 Å². The molecular weight excluding hydrogens is 264 g/mol. The van der Waals surface area contributed by atoms with Crippen LogP contribution < -0.4 is 5.32 Å². The van der Waals surface area contributed by atoms with Crippen molar-refractivity contribution in [1.82, 2.24) is 9.88 Å². The topological polar surface area (TPSA) is 51.1 Å². The Labute approximate surface area is 123 Å². The number of fused-ring (bicyclic) bond motifs is 1. The number of ketones is 1. The van der Waals surface area contributed by atoms with Gasteiger partial charge in [-0.05, 0) is 24.0 Å². The fraction of sp³-hybridized carbons (Fsp3) is 0.294. The largest absolute Gasteiger partial charge is 0.350 e. The molecule has 0 saturated carbocycles. The Hall–Kier alpha value is -2.36. The van der Waals surface area contributed by atoms with E-state index >= 15 is 0 Å². The molecule has 108 valence electrons. The van der Waals surface area contributed by atoms with Crippen molar-refractivity contribution in [2.24, 2.45) is 0 Å². The molecule has 0 aliphatic heterocycles. The van der Waals surface area contributed by atoms with Crippen LogP contribution in [0, 0.1) is 0 Å². The summed E-state index contributed by atoms with van der Waals surface area (Å²) < 4.78 is 1.81. The lowest BCUT2D eigenvalue weighted by molar-refractivity contribution is -0.121. The summed E-state index contributed by atoms with van der Waals surface area (Å²) in [4.78, 5) is 23.7. The molecule has 3 rings (SSSR count). The molecule has 0 spiro atoms. The first-order valence-electron chi connectivity index (χ1n) is 7.25. The second kappa shape index (κ2) is 5.95. The Morgan fingerprint density at radius 3 is 2.71 bits per heavy atom. The maximum absolute atomic E-state index is 12.0. The Morgan fingerprint density at radius 1 is 1.14 bits per heavy atom. The van der Waals surface area contributed by atoms with Gasteiger partial charge >= 0.3 is 0 Å². The van der Waals surface area contributed by atoms with E-state index in [-0.39, 0.29) is 18.2 Å². The van der Waals surface area contributed by atoms with Gasteiger partial charge in [-0.25, -0.2) is 0 Å². The third-order valence-electron chi connectivity index (χ3n) is 3.77. The highest BCUT2D eigenvalue weighted by Gasteiger charge is 2.19. The zero-order valence-electron chi connectivity index (χ0n) is 11.8. The van der Waals surface area contributed by atoms with Gasteiger partial charge in [0.1, 0.15) is 6.54 Å². The highest BCUT2D eigenvalue weighted by Crippen LogP contribution is 2.21. The van der Waals surface area contributed by atoms with E-state index in [4.69, 9.17) is 0 Å². The zero-order chi connectivity index (χ0) is 14.7. The number of aromatic nitrogens is 1. The predicted molar refractivity (Wildman–Crippen MR) is 80.0 cm³/mol. The molecule has 1 aromatic carbocycles. The van der Waals surface area contributed by atoms with Crippen LogP contribution in [0.3, 0.4) is 0 Å². The van der Waals surface area contributed by atoms with Crippen LogP contribution in [0.5, 0.6) is 0 Å². The van der Waals surface area contributed by atoms with Crippen LogP contribution in [0.4, 0.5) is 0 Å². The number of carbonyl (C=O) groups is 2. The summed E-state index contributed by atoms with van der Waals surface area (Å²) in [7, 11) is 0. The second-order valence-electron chi connectivity index (χ2n) is 5.41. The minimum atomic E-state index is -0.0429. The zero-order valence-corrected chi connectivity index (χ0v) is 11.8. The first kappa shape index (κ1) is 13.6. The van der Waals surface area contributed by atoms with Gasteiger partial charge in [0.15, 0.2) is 5.78 Å². The molecule has 1 heterocycles. The van der Waals surface area contributed by atoms with E-state index < -0.39 is 0 Å². The molecule has 2 aromatic rings. The molecule has 0 radical (unpaired) electrons. The predicted octanol–water partition coefficient (Wildman–Crippen LogP) is 2.32. The van der Waals surface area contributed by atoms with E-state index in [1.807, 2.05) is 41.1 Å². The summed E-state index contributed by atoms with van der Waals surface area (Å²) in [6, 6.07) is 9.81. The smallest absolute Gasteiger partial charge is 0.240 e. The van der Waals surface area contributed by atoms with Crippen molar-refractivity contribution in [3.05, 3.63) is 59.4 Å². The quantitative estimate of drug-likeness (QED) is 0.935. The molecular formula is C17H18N2O2. The van der Waals surface area contributed by atoms with Gasteiger partial charge in [-0.2, -0.15) is 0 Å². The van der Waals surface area contributed by atoms with Crippen LogP contribution in [0.1, 0.15) is 34.3 Å². The SMILES string of the molecule is O=C(Cn1cc2c(c1)C(=O)CCC2)NCc1ccccc1. The number of rotatable bonds is 4. The molecule has 4 heteroatoms. The van der Waals surface area contributed by atoms with E-state index in [1.165, 1.54) is 0 Å². The highest BCUT2D eigenvalue weighted by molar-refractivity contribution is 5.98. The molecule has 0 atom stereocenters. The Bertz CT molecular complexity index is 659. The van der Waals surface area contributed by atoms with Crippen molar-refractivity contribution in [3.8, 4) is 0 Å². The third kappa shape index (κ3) is 3.21. The number of hydrogen-bond acceptors (Lipinski definition) is 2. The number of nitrogens with zero attached hydrogens (tertiary/aromatic N) is 1. The summed E-state index contributed by atoms with van der Waals surface area (Å²) >= 11 is 0. The summed E-state index contributed by atoms with van der Waals surface area (Å²) in [6.07, 6.45) is 6.19. The van der Waals surface area contributed by atoms with Crippen LogP contribution in [-0.2, 0) is 24.3 Å². The molecule has 0 fully saturated rings. The molecule has 1 amide bonds. The van der Waals surface area contributed by atoms with Crippen LogP contribution in [0.15, 0.2) is 42.7 Å². The second-order valence-corrected chi connectivity index (χ2v) is 5.41. The fourth-order valence-electron chi connectivity index (χ4n) is 2.69. The minimum Gasteiger partial charge on any atom is -0.350 e. The molecule has 21 heavy (non-hydrogen) atoms. The summed E-state index contributed by atoms with van der Waals surface area (Å²) in [6.45, 7) is 0.784. The lowest BCUT2D eigenvalue weighted by atomic mass is 9.95. The molecule has 4 nitrogen and oxygen atoms in total. The molecule has 0 bridgehead atoms. The van der Waals surface area contributed by atoms with Crippen molar-refractivity contribution < 1.29 is 9.59 Å². The molecule has 0 saturated heterocycles. The maximum atomic E-state index is 12.0. The first-order chi connectivity index (χ1) is 10.2. The summed E-state index contributed by atoms with van der Waals surface area (Å²) in [5.41, 5.74) is 2.94. The van der Waals surface area contributed by atoms with Crippen LogP contribution in [-0.4, -0.2) is 16.3 Å². The molecule has 1 N–H and O–H groups in total. The van der Waals surface area contributed by atoms with E-state index in [0.717, 1.165) is 29.5 Å². The standard InChI is InChI=1S/C17H18N2O2/c20-16-8-4-7-14-10-19(11-15(14)16)12-17(21)18-9-13-5-2-1-3-6-13/h1-3,5-6,10-11H,4,7-9,12H2,(H,18,21). The van der Waals surface area contributed by atoms with Gasteiger partial charge in [-0.1, -0.05) is 30.3 Å². The number of amides is 1. The van der Waals surface area contributed by atoms with Crippen molar-refractivity contribution in [2.75, 3.05) is 0 Å². The van der Waals surface area contributed by atoms with Crippen molar-refractivity contribution >= 4 is 11.7 Å². The average Bonchev–Trinajstić information content (AvgIpc) is 2.90. The van der Waals surface area contributed by atoms with Gasteiger partial charge in [0, 0.05) is 30.9 Å². The van der Waals surface area contributed by atoms with Gasteiger partial charge in [0.05, 0.1) is 0 Å². The number of aryl methyl sites for hydroxylation is 1. The maximum Gasteiger partial charge on any atom is 0.240 e. The Balaban J connectivity index is 1.59. The first-order valence-corrected chi connectivity index (χ1v) is 7.25. The number of Topliss-reactive ketones (excluding diaryl/α,β-unsaturated/α-hetero) is 1. The van der Waals surface area contributed by atoms with E-state index in [1.54, 1.807) is 6.20 Å². The normalized spacial score (nSPS) is 13.8. The van der Waals surface area contributed by atoms with E-state index in [2.05, 4.69) is 5.32 Å². The van der Waals surface area contributed by atoms with Gasteiger partial charge in [0.25, 0.3) is 0 Å². The number of nitrogens with one attached hydrogen (secondary N) is 1. The van der Waals surface area contributed by atoms with Crippen LogP contribution >= 0.6 is 0 Å². The number of hydrogen-bond donors (Lipinski definition) is 1. The van der Waals surface area contributed by atoms with E-state index in [9.17, 15) is 9.59 Å². The fourth-order valence-corrected chi connectivity index (χ4v) is 2.69. The molecule has 1 aliphatic carbocycles. The number of benzene rings is 1. The lowest BCUT2D eigenvalue weighted by Gasteiger charge is -2.07. The highest BCUT2D eigenvalue weighted by atomic mass is 16.2. The molecule has 1 aliphatic rings. The molecule has 1 aromatic heterocycles. The van der Waals surface area contributed by atoms with Gasteiger partial charge in [0.2, 0.25) is 5.91 Å². The Morgan fingerprint density at radius 2 is 1.95 bits per heavy atom. The molecule has 0 unspecified atom stereocenters. The van der Waals surface area contributed by atoms with Crippen molar-refractivity contribution in [1.29, 1.82) is 0 Å². The summed E-state index contributed by atoms with van der Waals surface area (Å²) in [5, 5.41) is 2.89. The lowest BCUT2D eigenvalue weighted by Crippen LogP contribution is -2.26. The van der Waals surface area contributed by atoms with Gasteiger partial charge in [-0.15, -0.1) is 0 Å². The van der Waals surface area contributed by atoms with Gasteiger partial charge in [-0.3, -0.25) is 9.59 Å². The van der Waals surface area contributed by atoms with Crippen molar-refractivity contribution in [3.63, 3.8) is 0 Å². The van der Waals surface area contributed by atoms with Gasteiger partial charge < -0.3 is 9.88 Å². The van der Waals surface area contributed by atoms with Crippen molar-refractivity contribution in [2.45, 2.75) is 32.4 Å². The average molecular weight is 282 g/mol. The Kier molecular flexibility index (Phi) is 3.86. The monoisotopic (exact) mass is 282 g/mol. The summed E-state index contributed by atoms with van der Waals surface area (Å²) in [5.74, 6) is 0.151. The third-order valence-corrected chi connectivity index (χ3v) is 3.77.